The molecule has 0 bridgehead atoms. The Balaban J connectivity index is 2.00. The van der Waals surface area contributed by atoms with Crippen molar-refractivity contribution in [3.05, 3.63) is 49.8 Å². The Morgan fingerprint density at radius 3 is 2.47 bits per heavy atom. The van der Waals surface area contributed by atoms with Gasteiger partial charge in [-0.25, -0.2) is 4.79 Å². The molecule has 0 radical (unpaired) electrons. The van der Waals surface area contributed by atoms with Crippen LogP contribution in [0, 0.1) is 22.5 Å². The summed E-state index contributed by atoms with van der Waals surface area (Å²) in [5.74, 6) is -1.69. The number of nitrogens with zero attached hydrogens (tertiary/aromatic N) is 1. The third kappa shape index (κ3) is 6.01. The highest BCUT2D eigenvalue weighted by Gasteiger charge is 2.24. The summed E-state index contributed by atoms with van der Waals surface area (Å²) in [6.07, 6.45) is 0. The van der Waals surface area contributed by atoms with Crippen molar-refractivity contribution in [1.82, 2.24) is 0 Å². The van der Waals surface area contributed by atoms with Crippen molar-refractivity contribution in [3.8, 4) is 0 Å². The summed E-state index contributed by atoms with van der Waals surface area (Å²) < 4.78 is 5.00. The van der Waals surface area contributed by atoms with Crippen molar-refractivity contribution in [3.63, 3.8) is 0 Å². The number of nitrogens with one attached hydrogen (secondary N) is 2. The molecular weight excluding hydrogens is 434 g/mol. The van der Waals surface area contributed by atoms with Gasteiger partial charge in [-0.2, -0.15) is 0 Å². The number of aryl methyl sites for hydroxylation is 1. The largest absolute Gasteiger partial charge is 0.451 e. The number of hydrogen-bond acceptors (Lipinski definition) is 7. The van der Waals surface area contributed by atoms with Crippen LogP contribution in [0.4, 0.5) is 16.4 Å². The number of carbonyl (C=O) groups is 3. The number of thiophene rings is 1. The van der Waals surface area contributed by atoms with Gasteiger partial charge >= 0.3 is 5.97 Å². The van der Waals surface area contributed by atoms with Crippen LogP contribution in [0.2, 0.25) is 5.02 Å². The van der Waals surface area contributed by atoms with E-state index < -0.39 is 28.8 Å². The first-order valence-corrected chi connectivity index (χ1v) is 9.90. The van der Waals surface area contributed by atoms with Gasteiger partial charge in [0.1, 0.15) is 10.6 Å². The first-order chi connectivity index (χ1) is 13.9. The molecule has 0 atom stereocenters. The normalized spacial score (nSPS) is 11.0. The second-order valence-electron chi connectivity index (χ2n) is 7.37. The average Bonchev–Trinajstić information content (AvgIpc) is 3.00. The van der Waals surface area contributed by atoms with E-state index >= 15 is 0 Å². The second kappa shape index (κ2) is 9.23. The molecule has 11 heteroatoms. The van der Waals surface area contributed by atoms with E-state index in [1.807, 2.05) is 0 Å². The number of ether oxygens (including phenoxy) is 1. The minimum absolute atomic E-state index is 0.0649. The van der Waals surface area contributed by atoms with Crippen LogP contribution in [-0.4, -0.2) is 29.3 Å². The Morgan fingerprint density at radius 2 is 1.87 bits per heavy atom. The molecule has 1 aromatic heterocycles. The quantitative estimate of drug-likeness (QED) is 0.379. The van der Waals surface area contributed by atoms with Crippen LogP contribution < -0.4 is 10.6 Å². The number of carbonyl (C=O) groups excluding carboxylic acids is 3. The number of esters is 1. The molecule has 0 unspecified atom stereocenters. The third-order valence-electron chi connectivity index (χ3n) is 3.79. The summed E-state index contributed by atoms with van der Waals surface area (Å²) in [6.45, 7) is 6.33. The maximum absolute atomic E-state index is 12.3. The monoisotopic (exact) mass is 453 g/mol. The van der Waals surface area contributed by atoms with Gasteiger partial charge in [-0.3, -0.25) is 19.7 Å². The SMILES string of the molecule is Cc1cc(NC(=O)C(C)(C)C)sc1C(=O)OCC(=O)Nc1ccc(Cl)cc1[N+](=O)[O-]. The molecule has 0 fully saturated rings. The molecule has 2 aromatic rings. The number of anilines is 2. The topological polar surface area (TPSA) is 128 Å². The lowest BCUT2D eigenvalue weighted by molar-refractivity contribution is -0.383. The Morgan fingerprint density at radius 1 is 1.20 bits per heavy atom. The maximum Gasteiger partial charge on any atom is 0.349 e. The molecule has 0 saturated heterocycles. The molecule has 2 N–H and O–H groups in total. The van der Waals surface area contributed by atoms with E-state index in [9.17, 15) is 24.5 Å². The zero-order valence-electron chi connectivity index (χ0n) is 16.7. The lowest BCUT2D eigenvalue weighted by atomic mass is 9.96. The van der Waals surface area contributed by atoms with Gasteiger partial charge < -0.3 is 15.4 Å². The predicted molar refractivity (Wildman–Crippen MR) is 114 cm³/mol. The molecule has 0 saturated carbocycles. The molecule has 0 aliphatic heterocycles. The van der Waals surface area contributed by atoms with Gasteiger partial charge in [-0.1, -0.05) is 32.4 Å². The van der Waals surface area contributed by atoms with Gasteiger partial charge in [-0.15, -0.1) is 11.3 Å². The zero-order valence-corrected chi connectivity index (χ0v) is 18.3. The predicted octanol–water partition coefficient (Wildman–Crippen LogP) is 4.40. The van der Waals surface area contributed by atoms with Crippen molar-refractivity contribution >= 4 is 57.1 Å². The van der Waals surface area contributed by atoms with E-state index in [4.69, 9.17) is 16.3 Å². The van der Waals surface area contributed by atoms with E-state index in [1.54, 1.807) is 33.8 Å². The van der Waals surface area contributed by atoms with Gasteiger partial charge in [-0.05, 0) is 30.7 Å². The Bertz CT molecular complexity index is 1010. The Hall–Kier alpha value is -2.98. The van der Waals surface area contributed by atoms with Crippen LogP contribution in [0.5, 0.6) is 0 Å². The van der Waals surface area contributed by atoms with Crippen LogP contribution in [-0.2, 0) is 14.3 Å². The highest BCUT2D eigenvalue weighted by molar-refractivity contribution is 7.18. The van der Waals surface area contributed by atoms with Crippen molar-refractivity contribution < 1.29 is 24.0 Å². The van der Waals surface area contributed by atoms with Gasteiger partial charge in [0, 0.05) is 16.5 Å². The van der Waals surface area contributed by atoms with Crippen molar-refractivity contribution in [2.45, 2.75) is 27.7 Å². The van der Waals surface area contributed by atoms with Crippen LogP contribution in [0.25, 0.3) is 0 Å². The van der Waals surface area contributed by atoms with E-state index in [0.717, 1.165) is 17.4 Å². The van der Waals surface area contributed by atoms with Gasteiger partial charge in [0.05, 0.1) is 9.92 Å². The summed E-state index contributed by atoms with van der Waals surface area (Å²) in [5.41, 5.74) is -0.454. The molecule has 0 aliphatic carbocycles. The van der Waals surface area contributed by atoms with Crippen LogP contribution >= 0.6 is 22.9 Å². The number of nitro benzene ring substituents is 1. The number of halogens is 1. The van der Waals surface area contributed by atoms with Crippen molar-refractivity contribution in [1.29, 1.82) is 0 Å². The van der Waals surface area contributed by atoms with Crippen LogP contribution in [0.3, 0.4) is 0 Å². The average molecular weight is 454 g/mol. The molecule has 0 spiro atoms. The van der Waals surface area contributed by atoms with Gasteiger partial charge in [0.2, 0.25) is 5.91 Å². The lowest BCUT2D eigenvalue weighted by Crippen LogP contribution is -2.27. The van der Waals surface area contributed by atoms with E-state index in [1.165, 1.54) is 12.1 Å². The van der Waals surface area contributed by atoms with E-state index in [2.05, 4.69) is 10.6 Å². The standard InChI is InChI=1S/C19H20ClN3O6S/c1-10-7-15(22-18(26)19(2,3)4)30-16(10)17(25)29-9-14(24)21-12-6-5-11(20)8-13(12)23(27)28/h5-8H,9H2,1-4H3,(H,21,24)(H,22,26). The third-order valence-corrected chi connectivity index (χ3v) is 5.15. The van der Waals surface area contributed by atoms with Crippen molar-refractivity contribution in [2.75, 3.05) is 17.2 Å². The van der Waals surface area contributed by atoms with Gasteiger partial charge in [0.25, 0.3) is 11.6 Å². The Labute approximate surface area is 181 Å². The molecule has 2 amide bonds. The molecule has 1 aromatic carbocycles. The van der Waals surface area contributed by atoms with E-state index in [-0.39, 0.29) is 27.2 Å². The highest BCUT2D eigenvalue weighted by Crippen LogP contribution is 2.30. The van der Waals surface area contributed by atoms with Gasteiger partial charge in [0.15, 0.2) is 6.61 Å². The maximum atomic E-state index is 12.3. The first-order valence-electron chi connectivity index (χ1n) is 8.71. The summed E-state index contributed by atoms with van der Waals surface area (Å²) in [6, 6.07) is 5.42. The minimum atomic E-state index is -0.746. The zero-order chi connectivity index (χ0) is 22.6. The summed E-state index contributed by atoms with van der Waals surface area (Å²) >= 11 is 6.76. The number of hydrogen-bond donors (Lipinski definition) is 2. The second-order valence-corrected chi connectivity index (χ2v) is 8.86. The molecule has 9 nitrogen and oxygen atoms in total. The number of amides is 2. The highest BCUT2D eigenvalue weighted by atomic mass is 35.5. The van der Waals surface area contributed by atoms with Crippen molar-refractivity contribution in [2.24, 2.45) is 5.41 Å². The van der Waals surface area contributed by atoms with E-state index in [0.29, 0.717) is 10.6 Å². The molecule has 2 rings (SSSR count). The molecule has 30 heavy (non-hydrogen) atoms. The molecule has 160 valence electrons. The molecule has 1 heterocycles. The molecular formula is C19H20ClN3O6S. The van der Waals surface area contributed by atoms with Crippen LogP contribution in [0.1, 0.15) is 36.0 Å². The smallest absolute Gasteiger partial charge is 0.349 e. The fraction of sp³-hybridized carbons (Fsp3) is 0.316. The number of benzene rings is 1. The molecule has 0 aliphatic rings. The first kappa shape index (κ1) is 23.3. The fourth-order valence-electron chi connectivity index (χ4n) is 2.19. The Kier molecular flexibility index (Phi) is 7.16. The van der Waals surface area contributed by atoms with Crippen LogP contribution in [0.15, 0.2) is 24.3 Å². The number of nitro groups is 1. The summed E-state index contributed by atoms with van der Waals surface area (Å²) in [5, 5.41) is 16.8. The fourth-order valence-corrected chi connectivity index (χ4v) is 3.32. The minimum Gasteiger partial charge on any atom is -0.451 e. The summed E-state index contributed by atoms with van der Waals surface area (Å²) in [4.78, 5) is 47.1. The lowest BCUT2D eigenvalue weighted by Gasteiger charge is -2.16. The summed E-state index contributed by atoms with van der Waals surface area (Å²) in [7, 11) is 0. The number of rotatable bonds is 6.